The Labute approximate surface area is 105 Å². The highest BCUT2D eigenvalue weighted by molar-refractivity contribution is 6.32. The van der Waals surface area contributed by atoms with Crippen molar-refractivity contribution in [1.29, 1.82) is 0 Å². The number of rotatable bonds is 5. The van der Waals surface area contributed by atoms with E-state index in [4.69, 9.17) is 26.8 Å². The molecule has 0 atom stereocenters. The van der Waals surface area contributed by atoms with Crippen molar-refractivity contribution < 1.29 is 14.3 Å². The molecule has 1 aromatic rings. The molecular formula is C12H14ClNO3. The summed E-state index contributed by atoms with van der Waals surface area (Å²) < 4.78 is 10.4. The van der Waals surface area contributed by atoms with Crippen molar-refractivity contribution in [3.63, 3.8) is 0 Å². The van der Waals surface area contributed by atoms with Crippen LogP contribution >= 0.6 is 11.6 Å². The van der Waals surface area contributed by atoms with E-state index in [0.29, 0.717) is 40.5 Å². The van der Waals surface area contributed by atoms with Gasteiger partial charge < -0.3 is 15.2 Å². The van der Waals surface area contributed by atoms with E-state index in [2.05, 4.69) is 0 Å². The molecule has 4 nitrogen and oxygen atoms in total. The lowest BCUT2D eigenvalue weighted by molar-refractivity contribution is 0.112. The van der Waals surface area contributed by atoms with Crippen LogP contribution < -0.4 is 15.2 Å². The van der Waals surface area contributed by atoms with E-state index in [0.717, 1.165) is 0 Å². The molecule has 1 aromatic carbocycles. The minimum Gasteiger partial charge on any atom is -0.492 e. The summed E-state index contributed by atoms with van der Waals surface area (Å²) in [6, 6.07) is 1.53. The summed E-state index contributed by atoms with van der Waals surface area (Å²) in [5.41, 5.74) is 6.37. The molecule has 0 amide bonds. The average molecular weight is 256 g/mol. The van der Waals surface area contributed by atoms with Crippen LogP contribution in [0.15, 0.2) is 12.1 Å². The second-order valence-electron chi connectivity index (χ2n) is 3.18. The van der Waals surface area contributed by atoms with E-state index in [1.54, 1.807) is 12.2 Å². The highest BCUT2D eigenvalue weighted by Gasteiger charge is 2.16. The first kappa shape index (κ1) is 13.5. The van der Waals surface area contributed by atoms with E-state index >= 15 is 0 Å². The Morgan fingerprint density at radius 2 is 2.00 bits per heavy atom. The van der Waals surface area contributed by atoms with Gasteiger partial charge in [0.2, 0.25) is 0 Å². The molecule has 0 heterocycles. The van der Waals surface area contributed by atoms with E-state index in [1.165, 1.54) is 20.3 Å². The van der Waals surface area contributed by atoms with Crippen LogP contribution in [-0.4, -0.2) is 27.1 Å². The Hall–Kier alpha value is -1.52. The monoisotopic (exact) mass is 255 g/mol. The number of halogens is 1. The predicted octanol–water partition coefficient (Wildman–Crippen LogP) is 2.14. The van der Waals surface area contributed by atoms with Gasteiger partial charge in [-0.1, -0.05) is 23.8 Å². The molecule has 0 aromatic heterocycles. The number of carbonyl (C=O) groups excluding carboxylic acids is 1. The maximum Gasteiger partial charge on any atom is 0.171 e. The molecule has 5 heteroatoms. The zero-order chi connectivity index (χ0) is 12.8. The van der Waals surface area contributed by atoms with Crippen molar-refractivity contribution >= 4 is 24.0 Å². The van der Waals surface area contributed by atoms with E-state index < -0.39 is 0 Å². The summed E-state index contributed by atoms with van der Waals surface area (Å²) in [5.74, 6) is 0.787. The molecule has 0 radical (unpaired) electrons. The SMILES string of the molecule is COc1c(C=O)cc(Cl)c(/C=C/CN)c1OC. The Bertz CT molecular complexity index is 444. The summed E-state index contributed by atoms with van der Waals surface area (Å²) in [5, 5.41) is 0.412. The zero-order valence-corrected chi connectivity index (χ0v) is 10.5. The minimum atomic E-state index is 0.347. The third kappa shape index (κ3) is 2.78. The van der Waals surface area contributed by atoms with Crippen molar-refractivity contribution in [2.45, 2.75) is 0 Å². The number of hydrogen-bond acceptors (Lipinski definition) is 4. The number of hydrogen-bond donors (Lipinski definition) is 1. The molecule has 0 aliphatic carbocycles. The fraction of sp³-hybridized carbons (Fsp3) is 0.250. The molecule has 0 unspecified atom stereocenters. The van der Waals surface area contributed by atoms with Crippen LogP contribution in [0.1, 0.15) is 15.9 Å². The smallest absolute Gasteiger partial charge is 0.171 e. The second-order valence-corrected chi connectivity index (χ2v) is 3.59. The van der Waals surface area contributed by atoms with Crippen molar-refractivity contribution in [3.8, 4) is 11.5 Å². The number of aldehydes is 1. The topological polar surface area (TPSA) is 61.5 Å². The van der Waals surface area contributed by atoms with E-state index in [9.17, 15) is 4.79 Å². The van der Waals surface area contributed by atoms with Crippen LogP contribution in [0.3, 0.4) is 0 Å². The van der Waals surface area contributed by atoms with Gasteiger partial charge in [-0.05, 0) is 6.07 Å². The third-order valence-electron chi connectivity index (χ3n) is 2.21. The Balaban J connectivity index is 3.48. The van der Waals surface area contributed by atoms with Crippen molar-refractivity contribution in [2.75, 3.05) is 20.8 Å². The Morgan fingerprint density at radius 1 is 1.35 bits per heavy atom. The quantitative estimate of drug-likeness (QED) is 0.819. The second kappa shape index (κ2) is 6.27. The summed E-state index contributed by atoms with van der Waals surface area (Å²) in [6.45, 7) is 0.386. The molecule has 0 saturated heterocycles. The average Bonchev–Trinajstić information content (AvgIpc) is 2.35. The van der Waals surface area contributed by atoms with Crippen LogP contribution in [0.4, 0.5) is 0 Å². The van der Waals surface area contributed by atoms with Gasteiger partial charge in [-0.2, -0.15) is 0 Å². The van der Waals surface area contributed by atoms with Crippen LogP contribution in [0.25, 0.3) is 6.08 Å². The molecule has 0 bridgehead atoms. The molecule has 92 valence electrons. The number of nitrogens with two attached hydrogens (primary N) is 1. The highest BCUT2D eigenvalue weighted by atomic mass is 35.5. The standard InChI is InChI=1S/C12H14ClNO3/c1-16-11-8(7-15)6-10(13)9(4-3-5-14)12(11)17-2/h3-4,6-7H,5,14H2,1-2H3/b4-3+. The fourth-order valence-electron chi connectivity index (χ4n) is 1.48. The Morgan fingerprint density at radius 3 is 2.47 bits per heavy atom. The molecule has 0 fully saturated rings. The number of methoxy groups -OCH3 is 2. The highest BCUT2D eigenvalue weighted by Crippen LogP contribution is 2.39. The van der Waals surface area contributed by atoms with Crippen LogP contribution in [0.5, 0.6) is 11.5 Å². The van der Waals surface area contributed by atoms with Gasteiger partial charge in [-0.3, -0.25) is 4.79 Å². The first-order valence-corrected chi connectivity index (χ1v) is 5.33. The molecule has 2 N–H and O–H groups in total. The predicted molar refractivity (Wildman–Crippen MR) is 68.0 cm³/mol. The molecule has 0 aliphatic rings. The lowest BCUT2D eigenvalue weighted by Crippen LogP contribution is -1.99. The molecule has 1 rings (SSSR count). The maximum absolute atomic E-state index is 10.9. The minimum absolute atomic E-state index is 0.347. The van der Waals surface area contributed by atoms with Gasteiger partial charge in [0.15, 0.2) is 17.8 Å². The van der Waals surface area contributed by atoms with Gasteiger partial charge >= 0.3 is 0 Å². The van der Waals surface area contributed by atoms with Gasteiger partial charge in [0.1, 0.15) is 0 Å². The van der Waals surface area contributed by atoms with Gasteiger partial charge in [0, 0.05) is 12.1 Å². The lowest BCUT2D eigenvalue weighted by atomic mass is 10.1. The van der Waals surface area contributed by atoms with Crippen LogP contribution in [0.2, 0.25) is 5.02 Å². The summed E-state index contributed by atoms with van der Waals surface area (Å²) in [6.07, 6.45) is 4.14. The van der Waals surface area contributed by atoms with E-state index in [-0.39, 0.29) is 0 Å². The van der Waals surface area contributed by atoms with Crippen LogP contribution in [-0.2, 0) is 0 Å². The lowest BCUT2D eigenvalue weighted by Gasteiger charge is -2.14. The van der Waals surface area contributed by atoms with Gasteiger partial charge in [0.25, 0.3) is 0 Å². The normalized spacial score (nSPS) is 10.6. The first-order valence-electron chi connectivity index (χ1n) is 4.95. The van der Waals surface area contributed by atoms with Gasteiger partial charge in [-0.15, -0.1) is 0 Å². The molecular weight excluding hydrogens is 242 g/mol. The number of ether oxygens (including phenoxy) is 2. The molecule has 0 aliphatic heterocycles. The summed E-state index contributed by atoms with van der Waals surface area (Å²) >= 11 is 6.07. The van der Waals surface area contributed by atoms with Crippen molar-refractivity contribution in [3.05, 3.63) is 28.3 Å². The molecule has 0 spiro atoms. The van der Waals surface area contributed by atoms with Crippen molar-refractivity contribution in [1.82, 2.24) is 0 Å². The number of benzene rings is 1. The Kier molecular flexibility index (Phi) is 5.00. The zero-order valence-electron chi connectivity index (χ0n) is 9.70. The third-order valence-corrected chi connectivity index (χ3v) is 2.52. The molecule has 0 saturated carbocycles. The largest absolute Gasteiger partial charge is 0.492 e. The maximum atomic E-state index is 10.9. The molecule has 17 heavy (non-hydrogen) atoms. The first-order chi connectivity index (χ1) is 8.19. The number of carbonyl (C=O) groups is 1. The summed E-state index contributed by atoms with van der Waals surface area (Å²) in [4.78, 5) is 10.9. The van der Waals surface area contributed by atoms with Gasteiger partial charge in [-0.25, -0.2) is 0 Å². The van der Waals surface area contributed by atoms with Crippen LogP contribution in [0, 0.1) is 0 Å². The fourth-order valence-corrected chi connectivity index (χ4v) is 1.75. The summed E-state index contributed by atoms with van der Waals surface area (Å²) in [7, 11) is 2.96. The van der Waals surface area contributed by atoms with Gasteiger partial charge in [0.05, 0.1) is 24.8 Å². The van der Waals surface area contributed by atoms with Crippen molar-refractivity contribution in [2.24, 2.45) is 5.73 Å². The van der Waals surface area contributed by atoms with E-state index in [1.807, 2.05) is 0 Å².